The first kappa shape index (κ1) is 33.0. The average molecular weight is 663 g/mol. The first-order valence-electron chi connectivity index (χ1n) is 14.2. The quantitative estimate of drug-likeness (QED) is 0.152. The van der Waals surface area contributed by atoms with Crippen LogP contribution in [-0.4, -0.2) is 31.7 Å². The molecule has 5 rings (SSSR count). The van der Waals surface area contributed by atoms with Gasteiger partial charge in [-0.15, -0.1) is 0 Å². The lowest BCUT2D eigenvalue weighted by atomic mass is 10.0. The van der Waals surface area contributed by atoms with Gasteiger partial charge in [-0.2, -0.15) is 23.5 Å². The van der Waals surface area contributed by atoms with Gasteiger partial charge in [0.05, 0.1) is 17.8 Å². The number of nitrogens with zero attached hydrogens (tertiary/aromatic N) is 4. The lowest BCUT2D eigenvalue weighted by Crippen LogP contribution is -2.30. The monoisotopic (exact) mass is 662 g/mol. The number of amides is 2. The highest BCUT2D eigenvalue weighted by molar-refractivity contribution is 7.98. The maximum absolute atomic E-state index is 13.7. The van der Waals surface area contributed by atoms with Crippen molar-refractivity contribution in [3.8, 4) is 28.6 Å². The Morgan fingerprint density at radius 2 is 1.79 bits per heavy atom. The number of carbonyl (C=O) groups excluding carboxylic acids is 2. The van der Waals surface area contributed by atoms with Gasteiger partial charge < -0.3 is 14.9 Å². The second kappa shape index (κ2) is 12.8. The molecule has 3 aromatic carbocycles. The van der Waals surface area contributed by atoms with Crippen molar-refractivity contribution in [1.82, 2.24) is 19.6 Å². The highest BCUT2D eigenvalue weighted by Crippen LogP contribution is 2.43. The molecule has 0 saturated heterocycles. The molecule has 242 valence electrons. The number of anilines is 1. The number of nitrogens with one attached hydrogen (secondary N) is 2. The summed E-state index contributed by atoms with van der Waals surface area (Å²) in [6, 6.07) is 19.1. The largest absolute Gasteiger partial charge is 0.443 e. The molecule has 0 aliphatic carbocycles. The van der Waals surface area contributed by atoms with Crippen molar-refractivity contribution < 1.29 is 32.3 Å². The Bertz CT molecular complexity index is 1910. The molecule has 2 N–H and O–H groups in total. The normalized spacial score (nSPS) is 12.6. The van der Waals surface area contributed by atoms with E-state index in [1.165, 1.54) is 30.1 Å². The van der Waals surface area contributed by atoms with Gasteiger partial charge in [0, 0.05) is 22.3 Å². The number of fused-ring (bicyclic) bond motifs is 1. The van der Waals surface area contributed by atoms with Gasteiger partial charge in [-0.1, -0.05) is 36.9 Å². The van der Waals surface area contributed by atoms with Crippen LogP contribution < -0.4 is 15.6 Å². The summed E-state index contributed by atoms with van der Waals surface area (Å²) in [4.78, 5) is 32.2. The third kappa shape index (κ3) is 7.53. The predicted octanol–water partition coefficient (Wildman–Crippen LogP) is 7.86. The maximum atomic E-state index is 13.7. The Balaban J connectivity index is 1.38. The smallest absolute Gasteiger partial charge is 0.435 e. The molecular weight excluding hydrogens is 633 g/mol. The summed E-state index contributed by atoms with van der Waals surface area (Å²) in [6.45, 7) is 11.0. The maximum Gasteiger partial charge on any atom is 0.435 e. The summed E-state index contributed by atoms with van der Waals surface area (Å²) in [5.74, 6) is -0.749. The second-order valence-electron chi connectivity index (χ2n) is 11.5. The third-order valence-electron chi connectivity index (χ3n) is 6.56. The van der Waals surface area contributed by atoms with E-state index in [0.29, 0.717) is 24.0 Å². The molecule has 0 bridgehead atoms. The number of benzene rings is 3. The van der Waals surface area contributed by atoms with Gasteiger partial charge >= 0.3 is 12.3 Å². The standard InChI is InChI=1S/C33H29F3N6O4S/c1-19(2)40-46-27-14-13-24(15-22(27)17-37)42-26(16-28(39-42)33(34,35)36)30(43)38-23-11-9-20(10-12-23)25-8-6-7-21-18-41(47-29(21)25)31(44)45-32(3,4)5/h6-16,40H,1,18H2,2-5H3,(H,38,43). The Morgan fingerprint density at radius 3 is 2.43 bits per heavy atom. The lowest BCUT2D eigenvalue weighted by molar-refractivity contribution is -0.141. The van der Waals surface area contributed by atoms with Crippen LogP contribution in [0, 0.1) is 11.3 Å². The molecule has 2 heterocycles. The molecule has 0 fully saturated rings. The number of carbonyl (C=O) groups is 2. The van der Waals surface area contributed by atoms with Gasteiger partial charge in [0.15, 0.2) is 11.4 Å². The first-order valence-corrected chi connectivity index (χ1v) is 14.9. The Morgan fingerprint density at radius 1 is 1.06 bits per heavy atom. The van der Waals surface area contributed by atoms with Crippen molar-refractivity contribution in [3.05, 3.63) is 102 Å². The predicted molar refractivity (Wildman–Crippen MR) is 169 cm³/mol. The molecule has 47 heavy (non-hydrogen) atoms. The van der Waals surface area contributed by atoms with E-state index in [0.717, 1.165) is 26.3 Å². The molecule has 0 radical (unpaired) electrons. The van der Waals surface area contributed by atoms with Crippen LogP contribution in [0.1, 0.15) is 55.0 Å². The molecule has 1 aliphatic heterocycles. The molecule has 0 spiro atoms. The van der Waals surface area contributed by atoms with E-state index in [1.54, 1.807) is 56.3 Å². The van der Waals surface area contributed by atoms with Crippen LogP contribution in [0.5, 0.6) is 5.75 Å². The van der Waals surface area contributed by atoms with Crippen LogP contribution in [0.4, 0.5) is 23.7 Å². The van der Waals surface area contributed by atoms with Crippen LogP contribution in [-0.2, 0) is 17.5 Å². The fraction of sp³-hybridized carbons (Fsp3) is 0.212. The molecule has 14 heteroatoms. The minimum Gasteiger partial charge on any atom is -0.443 e. The molecule has 1 aromatic heterocycles. The molecule has 4 aromatic rings. The van der Waals surface area contributed by atoms with Gasteiger partial charge in [0.2, 0.25) is 0 Å². The van der Waals surface area contributed by atoms with Crippen LogP contribution >= 0.6 is 11.9 Å². The fourth-order valence-electron chi connectivity index (χ4n) is 4.53. The Kier molecular flexibility index (Phi) is 8.95. The van der Waals surface area contributed by atoms with Crippen LogP contribution in [0.25, 0.3) is 16.8 Å². The molecule has 0 unspecified atom stereocenters. The summed E-state index contributed by atoms with van der Waals surface area (Å²) < 4.78 is 48.9. The van der Waals surface area contributed by atoms with E-state index >= 15 is 0 Å². The second-order valence-corrected chi connectivity index (χ2v) is 12.6. The first-order chi connectivity index (χ1) is 22.1. The van der Waals surface area contributed by atoms with E-state index in [-0.39, 0.29) is 17.0 Å². The summed E-state index contributed by atoms with van der Waals surface area (Å²) >= 11 is 1.28. The summed E-state index contributed by atoms with van der Waals surface area (Å²) in [6.07, 6.45) is -5.27. The van der Waals surface area contributed by atoms with Gasteiger partial charge in [-0.3, -0.25) is 4.79 Å². The number of hydrogen-bond acceptors (Lipinski definition) is 8. The highest BCUT2D eigenvalue weighted by Gasteiger charge is 2.36. The SMILES string of the molecule is C=C(C)NOc1ccc(-n2nc(C(F)(F)F)cc2C(=O)Nc2ccc(-c3cccc4c3SN(C(=O)OC(C)(C)C)C4)cc2)cc1C#N. The zero-order chi connectivity index (χ0) is 34.1. The highest BCUT2D eigenvalue weighted by atomic mass is 32.2. The van der Waals surface area contributed by atoms with Gasteiger partial charge in [0.1, 0.15) is 17.4 Å². The van der Waals surface area contributed by atoms with Gasteiger partial charge in [-0.05, 0) is 86.7 Å². The van der Waals surface area contributed by atoms with Crippen molar-refractivity contribution in [3.63, 3.8) is 0 Å². The molecule has 1 aliphatic rings. The number of halogens is 3. The van der Waals surface area contributed by atoms with Crippen molar-refractivity contribution in [2.24, 2.45) is 0 Å². The Hall–Kier alpha value is -5.42. The van der Waals surface area contributed by atoms with Crippen molar-refractivity contribution >= 4 is 29.6 Å². The summed E-state index contributed by atoms with van der Waals surface area (Å²) in [5, 5.41) is 15.9. The number of nitriles is 1. The van der Waals surface area contributed by atoms with E-state index in [1.807, 2.05) is 24.3 Å². The minimum absolute atomic E-state index is 0.0120. The van der Waals surface area contributed by atoms with Crippen molar-refractivity contribution in [2.45, 2.75) is 50.9 Å². The number of aromatic nitrogens is 2. The number of rotatable bonds is 7. The van der Waals surface area contributed by atoms with Crippen molar-refractivity contribution in [1.29, 1.82) is 5.26 Å². The van der Waals surface area contributed by atoms with E-state index in [2.05, 4.69) is 22.5 Å². The van der Waals surface area contributed by atoms with Gasteiger partial charge in [0.25, 0.3) is 5.91 Å². The lowest BCUT2D eigenvalue weighted by Gasteiger charge is -2.23. The van der Waals surface area contributed by atoms with Crippen LogP contribution in [0.15, 0.2) is 83.9 Å². The number of hydroxylamine groups is 1. The fourth-order valence-corrected chi connectivity index (χ4v) is 5.60. The third-order valence-corrected chi connectivity index (χ3v) is 7.72. The number of allylic oxidation sites excluding steroid dienone is 1. The minimum atomic E-state index is -4.83. The van der Waals surface area contributed by atoms with Crippen LogP contribution in [0.3, 0.4) is 0 Å². The number of alkyl halides is 3. The Labute approximate surface area is 272 Å². The van der Waals surface area contributed by atoms with E-state index < -0.39 is 35.2 Å². The molecule has 2 amide bonds. The topological polar surface area (TPSA) is 122 Å². The molecule has 10 nitrogen and oxygen atoms in total. The van der Waals surface area contributed by atoms with E-state index in [9.17, 15) is 28.0 Å². The summed E-state index contributed by atoms with van der Waals surface area (Å²) in [5.41, 5.74) is 3.62. The number of ether oxygens (including phenoxy) is 1. The average Bonchev–Trinajstić information content (AvgIpc) is 3.65. The summed E-state index contributed by atoms with van der Waals surface area (Å²) in [7, 11) is 0. The van der Waals surface area contributed by atoms with E-state index in [4.69, 9.17) is 9.57 Å². The molecule has 0 atom stereocenters. The number of hydrogen-bond donors (Lipinski definition) is 2. The van der Waals surface area contributed by atoms with Crippen molar-refractivity contribution in [2.75, 3.05) is 5.32 Å². The molecule has 0 saturated carbocycles. The molecular formula is C33H29F3N6O4S. The van der Waals surface area contributed by atoms with Crippen LogP contribution in [0.2, 0.25) is 0 Å². The van der Waals surface area contributed by atoms with Gasteiger partial charge in [-0.25, -0.2) is 19.3 Å². The zero-order valence-electron chi connectivity index (χ0n) is 25.7. The zero-order valence-corrected chi connectivity index (χ0v) is 26.5.